The number of ether oxygens (including phenoxy) is 2. The lowest BCUT2D eigenvalue weighted by Gasteiger charge is -2.26. The fourth-order valence-corrected chi connectivity index (χ4v) is 2.31. The highest BCUT2D eigenvalue weighted by atomic mass is 16.5. The van der Waals surface area contributed by atoms with E-state index < -0.39 is 12.6 Å². The number of carbonyl (C=O) groups is 2. The van der Waals surface area contributed by atoms with E-state index in [-0.39, 0.29) is 17.1 Å². The molecule has 2 heterocycles. The van der Waals surface area contributed by atoms with Crippen molar-refractivity contribution in [3.8, 4) is 0 Å². The zero-order chi connectivity index (χ0) is 16.2. The maximum atomic E-state index is 12.0. The second kappa shape index (κ2) is 6.62. The Morgan fingerprint density at radius 3 is 2.70 bits per heavy atom. The van der Waals surface area contributed by atoms with Crippen molar-refractivity contribution in [2.75, 3.05) is 32.9 Å². The molecule has 1 amide bonds. The first-order valence-electron chi connectivity index (χ1n) is 7.21. The number of fused-ring (bicyclic) bond motifs is 1. The van der Waals surface area contributed by atoms with Gasteiger partial charge in [0.2, 0.25) is 5.76 Å². The number of benzene rings is 1. The summed E-state index contributed by atoms with van der Waals surface area (Å²) in [4.78, 5) is 37.4. The van der Waals surface area contributed by atoms with E-state index in [2.05, 4.69) is 0 Å². The van der Waals surface area contributed by atoms with E-state index in [1.54, 1.807) is 29.2 Å². The van der Waals surface area contributed by atoms with Gasteiger partial charge in [0.15, 0.2) is 12.0 Å². The summed E-state index contributed by atoms with van der Waals surface area (Å²) < 4.78 is 15.5. The molecule has 0 N–H and O–H groups in total. The van der Waals surface area contributed by atoms with Crippen LogP contribution in [-0.4, -0.2) is 49.7 Å². The third-order valence-corrected chi connectivity index (χ3v) is 3.53. The molecule has 0 atom stereocenters. The van der Waals surface area contributed by atoms with E-state index in [4.69, 9.17) is 13.9 Å². The van der Waals surface area contributed by atoms with Crippen LogP contribution >= 0.6 is 0 Å². The van der Waals surface area contributed by atoms with E-state index in [1.165, 1.54) is 0 Å². The van der Waals surface area contributed by atoms with Crippen molar-refractivity contribution in [2.24, 2.45) is 0 Å². The van der Waals surface area contributed by atoms with Crippen LogP contribution in [0.1, 0.15) is 10.6 Å². The van der Waals surface area contributed by atoms with Gasteiger partial charge < -0.3 is 18.8 Å². The normalized spacial score (nSPS) is 14.7. The van der Waals surface area contributed by atoms with Gasteiger partial charge in [-0.3, -0.25) is 9.59 Å². The van der Waals surface area contributed by atoms with Crippen LogP contribution in [0.4, 0.5) is 0 Å². The van der Waals surface area contributed by atoms with Crippen molar-refractivity contribution < 1.29 is 23.5 Å². The number of rotatable bonds is 3. The van der Waals surface area contributed by atoms with Crippen LogP contribution in [-0.2, 0) is 14.3 Å². The lowest BCUT2D eigenvalue weighted by Crippen LogP contribution is -2.42. The summed E-state index contributed by atoms with van der Waals surface area (Å²) in [5, 5.41) is 0.383. The van der Waals surface area contributed by atoms with Crippen LogP contribution in [0.2, 0.25) is 0 Å². The summed E-state index contributed by atoms with van der Waals surface area (Å²) in [6.45, 7) is 1.50. The van der Waals surface area contributed by atoms with Gasteiger partial charge in [-0.05, 0) is 12.1 Å². The Labute approximate surface area is 131 Å². The first-order chi connectivity index (χ1) is 11.1. The molecule has 1 aromatic carbocycles. The molecule has 0 radical (unpaired) electrons. The van der Waals surface area contributed by atoms with E-state index >= 15 is 0 Å². The van der Waals surface area contributed by atoms with Gasteiger partial charge in [-0.2, -0.15) is 0 Å². The highest BCUT2D eigenvalue weighted by Gasteiger charge is 2.20. The van der Waals surface area contributed by atoms with E-state index in [0.29, 0.717) is 37.3 Å². The van der Waals surface area contributed by atoms with Crippen LogP contribution in [0, 0.1) is 0 Å². The number of esters is 1. The predicted molar refractivity (Wildman–Crippen MR) is 80.2 cm³/mol. The Bertz CT molecular complexity index is 791. The predicted octanol–water partition coefficient (Wildman–Crippen LogP) is 0.809. The van der Waals surface area contributed by atoms with E-state index in [9.17, 15) is 14.4 Å². The molecule has 1 aliphatic heterocycles. The lowest BCUT2D eigenvalue weighted by atomic mass is 10.2. The number of amides is 1. The Morgan fingerprint density at radius 2 is 1.91 bits per heavy atom. The molecule has 0 saturated carbocycles. The summed E-state index contributed by atoms with van der Waals surface area (Å²) >= 11 is 0. The van der Waals surface area contributed by atoms with Crippen molar-refractivity contribution >= 4 is 22.8 Å². The second-order valence-electron chi connectivity index (χ2n) is 5.04. The summed E-state index contributed by atoms with van der Waals surface area (Å²) in [5.41, 5.74) is -0.0373. The lowest BCUT2D eigenvalue weighted by molar-refractivity contribution is -0.138. The summed E-state index contributed by atoms with van der Waals surface area (Å²) in [5.74, 6) is -1.36. The molecule has 0 bridgehead atoms. The minimum Gasteiger partial charge on any atom is -0.450 e. The van der Waals surface area contributed by atoms with Gasteiger partial charge in [-0.1, -0.05) is 12.1 Å². The average molecular weight is 317 g/mol. The number of morpholine rings is 1. The molecule has 23 heavy (non-hydrogen) atoms. The number of carbonyl (C=O) groups excluding carboxylic acids is 2. The maximum Gasteiger partial charge on any atom is 0.374 e. The third kappa shape index (κ3) is 3.40. The molecule has 1 aliphatic rings. The number of nitrogens with zero attached hydrogens (tertiary/aromatic N) is 1. The van der Waals surface area contributed by atoms with Gasteiger partial charge in [0.25, 0.3) is 5.91 Å². The molecule has 0 spiro atoms. The molecular formula is C16H15NO6. The third-order valence-electron chi connectivity index (χ3n) is 3.53. The molecule has 1 aromatic heterocycles. The minimum absolute atomic E-state index is 0.219. The maximum absolute atomic E-state index is 12.0. The van der Waals surface area contributed by atoms with Crippen molar-refractivity contribution in [3.63, 3.8) is 0 Å². The monoisotopic (exact) mass is 317 g/mol. The SMILES string of the molecule is O=C(OCC(=O)N1CCOCC1)c1cc(=O)c2ccccc2o1. The van der Waals surface area contributed by atoms with Gasteiger partial charge >= 0.3 is 5.97 Å². The van der Waals surface area contributed by atoms with Gasteiger partial charge in [0, 0.05) is 19.2 Å². The minimum atomic E-state index is -0.838. The van der Waals surface area contributed by atoms with Gasteiger partial charge in [0.1, 0.15) is 5.58 Å². The van der Waals surface area contributed by atoms with Gasteiger partial charge in [-0.15, -0.1) is 0 Å². The molecule has 7 nitrogen and oxygen atoms in total. The molecule has 7 heteroatoms. The molecule has 3 rings (SSSR count). The average Bonchev–Trinajstić information content (AvgIpc) is 2.60. The quantitative estimate of drug-likeness (QED) is 0.779. The smallest absolute Gasteiger partial charge is 0.374 e. The van der Waals surface area contributed by atoms with Crippen molar-refractivity contribution in [2.45, 2.75) is 0 Å². The highest BCUT2D eigenvalue weighted by Crippen LogP contribution is 2.12. The molecular weight excluding hydrogens is 302 g/mol. The number of hydrogen-bond acceptors (Lipinski definition) is 6. The van der Waals surface area contributed by atoms with Crippen LogP contribution in [0.15, 0.2) is 39.5 Å². The highest BCUT2D eigenvalue weighted by molar-refractivity contribution is 5.90. The molecule has 120 valence electrons. The summed E-state index contributed by atoms with van der Waals surface area (Å²) in [6.07, 6.45) is 0. The second-order valence-corrected chi connectivity index (χ2v) is 5.04. The Morgan fingerprint density at radius 1 is 1.17 bits per heavy atom. The Balaban J connectivity index is 1.68. The van der Waals surface area contributed by atoms with Gasteiger partial charge in [0.05, 0.1) is 18.6 Å². The summed E-state index contributed by atoms with van der Waals surface area (Å²) in [6, 6.07) is 7.68. The van der Waals surface area contributed by atoms with Crippen molar-refractivity contribution in [1.82, 2.24) is 4.90 Å². The van der Waals surface area contributed by atoms with Crippen LogP contribution in [0.3, 0.4) is 0 Å². The summed E-state index contributed by atoms with van der Waals surface area (Å²) in [7, 11) is 0. The molecule has 2 aromatic rings. The first-order valence-corrected chi connectivity index (χ1v) is 7.21. The fraction of sp³-hybridized carbons (Fsp3) is 0.312. The van der Waals surface area contributed by atoms with Crippen molar-refractivity contribution in [3.05, 3.63) is 46.3 Å². The first kappa shape index (κ1) is 15.2. The largest absolute Gasteiger partial charge is 0.450 e. The van der Waals surface area contributed by atoms with E-state index in [1.807, 2.05) is 0 Å². The fourth-order valence-electron chi connectivity index (χ4n) is 2.31. The molecule has 1 fully saturated rings. The number of para-hydroxylation sites is 1. The van der Waals surface area contributed by atoms with Crippen LogP contribution < -0.4 is 5.43 Å². The Hall–Kier alpha value is -2.67. The van der Waals surface area contributed by atoms with Gasteiger partial charge in [-0.25, -0.2) is 4.79 Å². The molecule has 1 saturated heterocycles. The van der Waals surface area contributed by atoms with Crippen LogP contribution in [0.5, 0.6) is 0 Å². The number of hydrogen-bond donors (Lipinski definition) is 0. The zero-order valence-corrected chi connectivity index (χ0v) is 12.3. The molecule has 0 aliphatic carbocycles. The molecule has 0 unspecified atom stereocenters. The standard InChI is InChI=1S/C16H15NO6/c18-12-9-14(23-13-4-2-1-3-11(12)13)16(20)22-10-15(19)17-5-7-21-8-6-17/h1-4,9H,5-8,10H2. The topological polar surface area (TPSA) is 86.0 Å². The van der Waals surface area contributed by atoms with Crippen molar-refractivity contribution in [1.29, 1.82) is 0 Å². The zero-order valence-electron chi connectivity index (χ0n) is 12.3. The van der Waals surface area contributed by atoms with Crippen LogP contribution in [0.25, 0.3) is 11.0 Å². The Kier molecular flexibility index (Phi) is 4.38. The van der Waals surface area contributed by atoms with E-state index in [0.717, 1.165) is 6.07 Å².